The highest BCUT2D eigenvalue weighted by Gasteiger charge is 2.31. The molecule has 1 N–H and O–H groups in total. The van der Waals surface area contributed by atoms with Crippen LogP contribution in [0.15, 0.2) is 24.3 Å². The van der Waals surface area contributed by atoms with Crippen molar-refractivity contribution in [2.24, 2.45) is 0 Å². The van der Waals surface area contributed by atoms with E-state index in [4.69, 9.17) is 9.47 Å². The van der Waals surface area contributed by atoms with Gasteiger partial charge >= 0.3 is 6.36 Å². The summed E-state index contributed by atoms with van der Waals surface area (Å²) in [5.41, 5.74) is 0.320. The van der Waals surface area contributed by atoms with Crippen molar-refractivity contribution in [3.63, 3.8) is 0 Å². The molecule has 4 nitrogen and oxygen atoms in total. The van der Waals surface area contributed by atoms with Crippen LogP contribution in [0, 0.1) is 0 Å². The quantitative estimate of drug-likeness (QED) is 0.918. The third-order valence-corrected chi connectivity index (χ3v) is 2.58. The van der Waals surface area contributed by atoms with Gasteiger partial charge in [-0.05, 0) is 17.7 Å². The minimum atomic E-state index is -4.75. The van der Waals surface area contributed by atoms with E-state index in [-0.39, 0.29) is 12.2 Å². The highest BCUT2D eigenvalue weighted by atomic mass is 19.4. The standard InChI is InChI=1S/C12H13F3O4/c13-12(14,15)19-9-3-1-2-8(6-9)10(16)7-11-17-4-5-18-11/h1-3,6,10-11,16H,4-5,7H2. The summed E-state index contributed by atoms with van der Waals surface area (Å²) in [7, 11) is 0. The molecule has 1 aromatic carbocycles. The number of hydrogen-bond donors (Lipinski definition) is 1. The molecule has 1 fully saturated rings. The minimum absolute atomic E-state index is 0.162. The van der Waals surface area contributed by atoms with E-state index in [0.717, 1.165) is 6.07 Å². The molecule has 1 unspecified atom stereocenters. The molecule has 1 saturated heterocycles. The van der Waals surface area contributed by atoms with Crippen LogP contribution in [-0.2, 0) is 9.47 Å². The summed E-state index contributed by atoms with van der Waals surface area (Å²) in [6, 6.07) is 5.22. The Morgan fingerprint density at radius 1 is 1.32 bits per heavy atom. The van der Waals surface area contributed by atoms with Crippen molar-refractivity contribution >= 4 is 0 Å². The van der Waals surface area contributed by atoms with Gasteiger partial charge in [0.1, 0.15) is 5.75 Å². The number of alkyl halides is 3. The van der Waals surface area contributed by atoms with Gasteiger partial charge in [-0.3, -0.25) is 0 Å². The predicted octanol–water partition coefficient (Wildman–Crippen LogP) is 2.38. The van der Waals surface area contributed by atoms with E-state index in [1.54, 1.807) is 0 Å². The largest absolute Gasteiger partial charge is 0.573 e. The summed E-state index contributed by atoms with van der Waals surface area (Å²) >= 11 is 0. The van der Waals surface area contributed by atoms with E-state index < -0.39 is 18.8 Å². The van der Waals surface area contributed by atoms with Gasteiger partial charge in [0, 0.05) is 6.42 Å². The van der Waals surface area contributed by atoms with Gasteiger partial charge in [-0.2, -0.15) is 0 Å². The fraction of sp³-hybridized carbons (Fsp3) is 0.500. The van der Waals surface area contributed by atoms with E-state index in [2.05, 4.69) is 4.74 Å². The number of halogens is 3. The van der Waals surface area contributed by atoms with E-state index in [0.29, 0.717) is 18.8 Å². The molecular formula is C12H13F3O4. The lowest BCUT2D eigenvalue weighted by atomic mass is 10.1. The Morgan fingerprint density at radius 3 is 2.63 bits per heavy atom. The Hall–Kier alpha value is -1.31. The van der Waals surface area contributed by atoms with Gasteiger partial charge in [0.2, 0.25) is 0 Å². The number of benzene rings is 1. The summed E-state index contributed by atoms with van der Waals surface area (Å²) in [4.78, 5) is 0. The first-order chi connectivity index (χ1) is 8.94. The highest BCUT2D eigenvalue weighted by molar-refractivity contribution is 5.30. The third kappa shape index (κ3) is 4.38. The molecule has 0 bridgehead atoms. The van der Waals surface area contributed by atoms with Crippen molar-refractivity contribution in [3.8, 4) is 5.75 Å². The molecule has 19 heavy (non-hydrogen) atoms. The van der Waals surface area contributed by atoms with E-state index in [9.17, 15) is 18.3 Å². The molecule has 0 aromatic heterocycles. The van der Waals surface area contributed by atoms with Crippen molar-refractivity contribution < 1.29 is 32.5 Å². The zero-order valence-corrected chi connectivity index (χ0v) is 9.89. The second kappa shape index (κ2) is 5.77. The maximum atomic E-state index is 12.1. The first-order valence-corrected chi connectivity index (χ1v) is 5.71. The Labute approximate surface area is 107 Å². The number of hydrogen-bond acceptors (Lipinski definition) is 4. The molecule has 1 aliphatic heterocycles. The zero-order valence-electron chi connectivity index (χ0n) is 9.89. The van der Waals surface area contributed by atoms with Gasteiger partial charge in [-0.1, -0.05) is 12.1 Å². The van der Waals surface area contributed by atoms with Crippen molar-refractivity contribution in [1.29, 1.82) is 0 Å². The van der Waals surface area contributed by atoms with Crippen LogP contribution in [0.4, 0.5) is 13.2 Å². The molecular weight excluding hydrogens is 265 g/mol. The maximum absolute atomic E-state index is 12.1. The lowest BCUT2D eigenvalue weighted by Crippen LogP contribution is -2.17. The SMILES string of the molecule is OC(CC1OCCO1)c1cccc(OC(F)(F)F)c1. The Morgan fingerprint density at radius 2 is 2.00 bits per heavy atom. The van der Waals surface area contributed by atoms with Crippen LogP contribution in [0.5, 0.6) is 5.75 Å². The second-order valence-corrected chi connectivity index (χ2v) is 4.04. The van der Waals surface area contributed by atoms with Crippen LogP contribution < -0.4 is 4.74 Å². The molecule has 106 valence electrons. The summed E-state index contributed by atoms with van der Waals surface area (Å²) in [6.07, 6.45) is -6.08. The summed E-state index contributed by atoms with van der Waals surface area (Å²) < 4.78 is 50.3. The Kier molecular flexibility index (Phi) is 4.28. The molecule has 1 atom stereocenters. The van der Waals surface area contributed by atoms with E-state index in [1.165, 1.54) is 18.2 Å². The Balaban J connectivity index is 2.00. The van der Waals surface area contributed by atoms with E-state index >= 15 is 0 Å². The van der Waals surface area contributed by atoms with Gasteiger partial charge in [0.15, 0.2) is 6.29 Å². The van der Waals surface area contributed by atoms with Crippen LogP contribution in [0.2, 0.25) is 0 Å². The lowest BCUT2D eigenvalue weighted by molar-refractivity contribution is -0.274. The predicted molar refractivity (Wildman–Crippen MR) is 58.4 cm³/mol. The van der Waals surface area contributed by atoms with Crippen LogP contribution >= 0.6 is 0 Å². The molecule has 0 spiro atoms. The molecule has 1 heterocycles. The van der Waals surface area contributed by atoms with Gasteiger partial charge < -0.3 is 19.3 Å². The first-order valence-electron chi connectivity index (χ1n) is 5.71. The minimum Gasteiger partial charge on any atom is -0.406 e. The van der Waals surface area contributed by atoms with Gasteiger partial charge in [0.05, 0.1) is 19.3 Å². The average molecular weight is 278 g/mol. The number of ether oxygens (including phenoxy) is 3. The van der Waals surface area contributed by atoms with Gasteiger partial charge in [-0.15, -0.1) is 13.2 Å². The topological polar surface area (TPSA) is 47.9 Å². The van der Waals surface area contributed by atoms with Crippen molar-refractivity contribution in [1.82, 2.24) is 0 Å². The van der Waals surface area contributed by atoms with Crippen LogP contribution in [0.1, 0.15) is 18.1 Å². The molecule has 0 radical (unpaired) electrons. The van der Waals surface area contributed by atoms with Crippen LogP contribution in [0.3, 0.4) is 0 Å². The first kappa shape index (κ1) is 14.1. The van der Waals surface area contributed by atoms with E-state index in [1.807, 2.05) is 0 Å². The number of aliphatic hydroxyl groups excluding tert-OH is 1. The molecule has 7 heteroatoms. The zero-order chi connectivity index (χ0) is 13.9. The summed E-state index contributed by atoms with van der Waals surface area (Å²) in [5.74, 6) is -0.364. The Bertz CT molecular complexity index is 416. The number of aliphatic hydroxyl groups is 1. The molecule has 2 rings (SSSR count). The molecule has 1 aliphatic rings. The average Bonchev–Trinajstić information content (AvgIpc) is 2.80. The number of rotatable bonds is 4. The fourth-order valence-electron chi connectivity index (χ4n) is 1.78. The lowest BCUT2D eigenvalue weighted by Gasteiger charge is -2.16. The fourth-order valence-corrected chi connectivity index (χ4v) is 1.78. The van der Waals surface area contributed by atoms with Crippen molar-refractivity contribution in [2.45, 2.75) is 25.2 Å². The molecule has 1 aromatic rings. The summed E-state index contributed by atoms with van der Waals surface area (Å²) in [5, 5.41) is 9.91. The monoisotopic (exact) mass is 278 g/mol. The van der Waals surface area contributed by atoms with Gasteiger partial charge in [-0.25, -0.2) is 0 Å². The van der Waals surface area contributed by atoms with Crippen LogP contribution in [0.25, 0.3) is 0 Å². The van der Waals surface area contributed by atoms with Crippen LogP contribution in [-0.4, -0.2) is 31.0 Å². The van der Waals surface area contributed by atoms with Gasteiger partial charge in [0.25, 0.3) is 0 Å². The second-order valence-electron chi connectivity index (χ2n) is 4.04. The normalized spacial score (nSPS) is 18.5. The molecule has 0 amide bonds. The third-order valence-electron chi connectivity index (χ3n) is 2.58. The smallest absolute Gasteiger partial charge is 0.406 e. The molecule has 0 saturated carbocycles. The summed E-state index contributed by atoms with van der Waals surface area (Å²) in [6.45, 7) is 0.906. The van der Waals surface area contributed by atoms with Crippen molar-refractivity contribution in [2.75, 3.05) is 13.2 Å². The van der Waals surface area contributed by atoms with Crippen molar-refractivity contribution in [3.05, 3.63) is 29.8 Å². The molecule has 0 aliphatic carbocycles. The maximum Gasteiger partial charge on any atom is 0.573 e. The highest BCUT2D eigenvalue weighted by Crippen LogP contribution is 2.28.